The number of ether oxygens (including phenoxy) is 6. The van der Waals surface area contributed by atoms with Gasteiger partial charge in [0.25, 0.3) is 0 Å². The normalized spacial score (nSPS) is 25.7. The Hall–Kier alpha value is 10.0. The van der Waals surface area contributed by atoms with E-state index in [0.717, 1.165) is 48.5 Å². The zero-order valence-electron chi connectivity index (χ0n) is 72.3. The second-order valence-corrected chi connectivity index (χ2v) is 40.5. The second-order valence-electron chi connectivity index (χ2n) is 23.3. The van der Waals surface area contributed by atoms with Crippen molar-refractivity contribution in [1.29, 1.82) is 0 Å². The van der Waals surface area contributed by atoms with Crippen LogP contribution in [-0.4, -0.2) is 755 Å². The smallest absolute Gasteiger partial charge is 0.356 e. The van der Waals surface area contributed by atoms with Gasteiger partial charge in [-0.05, 0) is 55.0 Å². The van der Waals surface area contributed by atoms with Crippen LogP contribution < -0.4 is 10.6 Å². The Bertz CT molecular complexity index is 5500. The molecule has 0 aromatic heterocycles. The molecule has 20 atom stereocenters. The van der Waals surface area contributed by atoms with Crippen LogP contribution >= 0.6 is 23.5 Å². The van der Waals surface area contributed by atoms with Crippen molar-refractivity contribution < 1.29 is 278 Å². The van der Waals surface area contributed by atoms with Crippen molar-refractivity contribution in [3.8, 4) is 0 Å². The van der Waals surface area contributed by atoms with Gasteiger partial charge >= 0.3 is 146 Å². The van der Waals surface area contributed by atoms with Gasteiger partial charge in [0.05, 0.1) is 26.4 Å². The Morgan fingerprint density at radius 1 is 0.248 bits per heavy atom. The van der Waals surface area contributed by atoms with Gasteiger partial charge in [-0.3, -0.25) is 73.3 Å². The maximum Gasteiger partial charge on any atom is 0.397 e. The third-order valence-electron chi connectivity index (χ3n) is 14.4. The standard InChI is InChI=1S/C41H58N2O64S16.14Na/c44-24(42-16-4-8-18(9-5-16)108-40-36(106-122(82,83)84)30(100-116(64,65)66)26(20(94-40)12-88-110(46,47)48)96-38-34(104-120(76,77)78)32(102-118(70,71)72)28(98-114(58,59)60)22(92-38)14-90-112(52,53)54)2-1-3-25(45)43-17-6-10-19(11-7-17)109-41-37(107-123(85,86)87)31(101-117(67,68)69)27(21(95-41)13-89-111(49,50)51)97-39-35(105-121(79,80)81)33(103-119(73,74)75)29(99-115(61,62)63)23(93-39)15-91-113(55,56)57;;;;;;;;;;;;;;/h4-11,20-23,26-41H,1-3,12-15H2,(H,42,44)(H,43,45)(H,46,47,48)(H,49,50,51)(H,52,53,54)(H,55,56,57)(H,58,59,60)(H,61,62,63)(H,64,65,66)(H,67,68,69)(H,70,71,72)(H,73,74,75)(H,76,77,78)(H,79,80,81)(H,82,83,84)(H,85,86,87);;;;;;;;;;;;;;/t20-,21-,22-,23-,26-,27-,28-,29-,30+,31+,32+,33+,34-,35-,36-,37-,38+,39+,40+,41+;;;;;;;;;;;;;;/m1............../s1. The van der Waals surface area contributed by atoms with Crippen molar-refractivity contribution in [2.75, 3.05) is 37.1 Å². The molecule has 4 aliphatic heterocycles. The number of amides is 2. The van der Waals surface area contributed by atoms with Crippen LogP contribution in [0.5, 0.6) is 0 Å². The van der Waals surface area contributed by atoms with Crippen molar-refractivity contribution in [2.45, 2.75) is 150 Å². The molecule has 96 heteroatoms. The van der Waals surface area contributed by atoms with Crippen molar-refractivity contribution in [1.82, 2.24) is 0 Å². The fourth-order valence-corrected chi connectivity index (χ4v) is 19.1. The van der Waals surface area contributed by atoms with Gasteiger partial charge in [0.1, 0.15) is 96.3 Å². The summed E-state index contributed by atoms with van der Waals surface area (Å²) in [5.74, 6) is -1.79. The maximum absolute atomic E-state index is 13.2. The van der Waals surface area contributed by atoms with Gasteiger partial charge in [-0.1, -0.05) is 23.5 Å². The van der Waals surface area contributed by atoms with Gasteiger partial charge < -0.3 is 39.1 Å². The average molecular weight is 2440 g/mol. The van der Waals surface area contributed by atoms with E-state index in [-0.39, 0.29) is 465 Å². The number of benzene rings is 2. The van der Waals surface area contributed by atoms with Crippen molar-refractivity contribution >= 4 is 606 Å². The minimum atomic E-state index is -6.29. The first kappa shape index (κ1) is 165. The van der Waals surface area contributed by atoms with Crippen LogP contribution in [0.25, 0.3) is 0 Å². The molecule has 726 valence electrons. The molecule has 4 saturated heterocycles. The molecule has 2 aromatic rings. The zero-order chi connectivity index (χ0) is 93.6. The van der Waals surface area contributed by atoms with E-state index in [0.29, 0.717) is 0 Å². The molecule has 0 saturated carbocycles. The van der Waals surface area contributed by atoms with Crippen LogP contribution in [0.3, 0.4) is 0 Å². The SMILES string of the molecule is O=C(CCCC(=O)Nc1ccc(S[C@@H]2O[C@H](COS(=O)(=O)O)[C@@H](O[C@@H]3O[C@H](COS(=O)(=O)O)[C@@H](OS(=O)(=O)O)[C@H](OS(=O)(=O)O)[C@H]3OS(=O)(=O)O)[C@H](OS(=O)(=O)O)[C@H]2OS(=O)(=O)O)cc1)Nc1ccc(S[C@@H]2O[C@H](COS(=O)(=O)O)[C@@H](O[C@@H]3O[C@H](COS(=O)(=O)O)[C@@H](OS(=O)(=O)O)[C@H](OS(=O)(=O)O)[C@H]3OS(=O)(=O)O)[C@H](OS(=O)(=O)O)[C@H]2OS(=O)(=O)O)cc1.[Na].[Na].[Na].[Na].[Na].[Na].[Na].[Na].[Na].[Na].[Na].[Na].[Na].[Na]. The summed E-state index contributed by atoms with van der Waals surface area (Å²) in [5, 5.41) is 4.71. The summed E-state index contributed by atoms with van der Waals surface area (Å²) in [5.41, 5.74) is -5.21. The molecule has 6 rings (SSSR count). The summed E-state index contributed by atoms with van der Waals surface area (Å²) < 4.78 is 568. The van der Waals surface area contributed by atoms with E-state index in [1.54, 1.807) is 0 Å². The van der Waals surface area contributed by atoms with E-state index < -0.39 is 318 Å². The summed E-state index contributed by atoms with van der Waals surface area (Å²) in [6, 6.07) is 8.03. The number of hydrogen-bond donors (Lipinski definition) is 16. The second kappa shape index (κ2) is 69.0. The van der Waals surface area contributed by atoms with Gasteiger partial charge in [0, 0.05) is 448 Å². The molecule has 0 aliphatic carbocycles. The minimum Gasteiger partial charge on any atom is -0.356 e. The Kier molecular flexibility index (Phi) is 82.8. The first-order valence-electron chi connectivity index (χ1n) is 30.5. The summed E-state index contributed by atoms with van der Waals surface area (Å²) in [4.78, 5) is 25.7. The first-order chi connectivity index (χ1) is 55.4. The molecule has 16 N–H and O–H groups in total. The van der Waals surface area contributed by atoms with Crippen molar-refractivity contribution in [2.24, 2.45) is 0 Å². The van der Waals surface area contributed by atoms with E-state index in [2.05, 4.69) is 69.2 Å². The van der Waals surface area contributed by atoms with E-state index in [4.69, 9.17) is 28.4 Å². The quantitative estimate of drug-likeness (QED) is 0.0216. The van der Waals surface area contributed by atoms with Gasteiger partial charge in [-0.15, -0.1) is 0 Å². The van der Waals surface area contributed by atoms with E-state index in [1.807, 2.05) is 0 Å². The molecular weight excluding hydrogens is 2380 g/mol. The van der Waals surface area contributed by atoms with Gasteiger partial charge in [0.2, 0.25) is 11.8 Å². The summed E-state index contributed by atoms with van der Waals surface area (Å²) in [6.45, 7) is -7.63. The molecule has 4 aliphatic rings. The summed E-state index contributed by atoms with van der Waals surface area (Å²) in [6.07, 6.45) is -58.1. The Balaban J connectivity index is -0.00000167. The molecule has 14 radical (unpaired) electrons. The number of carbonyl (C=O) groups is 2. The van der Waals surface area contributed by atoms with Crippen LogP contribution in [0, 0.1) is 0 Å². The first-order valence-corrected chi connectivity index (χ1v) is 51.4. The largest absolute Gasteiger partial charge is 0.397 e. The third-order valence-corrected chi connectivity index (χ3v) is 23.1. The third kappa shape index (κ3) is 66.1. The molecule has 0 unspecified atom stereocenters. The number of anilines is 2. The molecule has 2 amide bonds. The molecule has 4 heterocycles. The minimum absolute atomic E-state index is 0. The van der Waals surface area contributed by atoms with Crippen LogP contribution in [0.1, 0.15) is 19.3 Å². The van der Waals surface area contributed by atoms with Crippen LogP contribution in [-0.2, 0) is 242 Å². The molecule has 0 bridgehead atoms. The molecule has 137 heavy (non-hydrogen) atoms. The molecule has 0 spiro atoms. The van der Waals surface area contributed by atoms with E-state index in [9.17, 15) is 191 Å². The van der Waals surface area contributed by atoms with Gasteiger partial charge in [-0.25, -0.2) is 58.6 Å². The molecule has 4 fully saturated rings. The number of rotatable bonds is 46. The maximum atomic E-state index is 13.2. The predicted octanol–water partition coefficient (Wildman–Crippen LogP) is -12.9. The van der Waals surface area contributed by atoms with Crippen LogP contribution in [0.4, 0.5) is 11.4 Å². The Morgan fingerprint density at radius 3 is 0.635 bits per heavy atom. The van der Waals surface area contributed by atoms with Crippen LogP contribution in [0.2, 0.25) is 0 Å². The van der Waals surface area contributed by atoms with Gasteiger partial charge in [0.15, 0.2) is 24.8 Å². The monoisotopic (exact) mass is 2440 g/mol. The van der Waals surface area contributed by atoms with Gasteiger partial charge in [-0.2, -0.15) is 118 Å². The number of thioether (sulfide) groups is 2. The Morgan fingerprint density at radius 2 is 0.431 bits per heavy atom. The summed E-state index contributed by atoms with van der Waals surface area (Å²) >= 11 is 0.207. The molecular formula is C41H58N2Na14O64S16. The topological polar surface area (TPSA) is 1000 Å². The predicted molar refractivity (Wildman–Crippen MR) is 455 cm³/mol. The zero-order valence-corrected chi connectivity index (χ0v) is 113. The number of hydrogen-bond acceptors (Lipinski definition) is 52. The molecule has 66 nitrogen and oxygen atoms in total. The fraction of sp³-hybridized carbons (Fsp3) is 0.659. The number of carbonyl (C=O) groups excluding carboxylic acids is 2. The van der Waals surface area contributed by atoms with Crippen LogP contribution in [0.15, 0.2) is 58.3 Å². The van der Waals surface area contributed by atoms with Crippen molar-refractivity contribution in [3.63, 3.8) is 0 Å². The summed E-state index contributed by atoms with van der Waals surface area (Å²) in [7, 11) is -85.4. The Labute approximate surface area is 1100 Å². The average Bonchev–Trinajstić information content (AvgIpc) is 0.756. The van der Waals surface area contributed by atoms with E-state index in [1.165, 1.54) is 0 Å². The van der Waals surface area contributed by atoms with E-state index >= 15 is 0 Å². The fourth-order valence-electron chi connectivity index (χ4n) is 10.6. The molecule has 2 aromatic carbocycles. The van der Waals surface area contributed by atoms with Crippen molar-refractivity contribution in [3.05, 3.63) is 48.5 Å². The number of nitrogens with one attached hydrogen (secondary N) is 2.